The predicted octanol–water partition coefficient (Wildman–Crippen LogP) is 3.94. The number of anilines is 3. The van der Waals surface area contributed by atoms with Gasteiger partial charge in [0.25, 0.3) is 5.91 Å². The van der Waals surface area contributed by atoms with Crippen LogP contribution in [-0.4, -0.2) is 22.9 Å². The number of aromatic nitrogens is 2. The Hall–Kier alpha value is -3.28. The van der Waals surface area contributed by atoms with Crippen molar-refractivity contribution in [1.82, 2.24) is 9.97 Å². The SMILES string of the molecule is Cc1nc(C(=O)Nc2cccc(F)c2)cc(N(C)c2ccccc2)n1. The molecule has 1 aromatic heterocycles. The maximum Gasteiger partial charge on any atom is 0.274 e. The molecule has 2 aromatic carbocycles. The first kappa shape index (κ1) is 16.6. The number of hydrogen-bond donors (Lipinski definition) is 1. The molecule has 3 aromatic rings. The zero-order chi connectivity index (χ0) is 17.8. The number of rotatable bonds is 4. The van der Waals surface area contributed by atoms with Crippen molar-refractivity contribution in [2.24, 2.45) is 0 Å². The molecule has 0 saturated carbocycles. The smallest absolute Gasteiger partial charge is 0.274 e. The lowest BCUT2D eigenvalue weighted by molar-refractivity contribution is 0.102. The van der Waals surface area contributed by atoms with Crippen LogP contribution in [0, 0.1) is 12.7 Å². The standard InChI is InChI=1S/C19H17FN4O/c1-13-21-17(19(25)23-15-8-6-7-14(20)11-15)12-18(22-13)24(2)16-9-4-3-5-10-16/h3-12H,1-2H3,(H,23,25). The van der Waals surface area contributed by atoms with Gasteiger partial charge in [0.2, 0.25) is 0 Å². The number of carbonyl (C=O) groups excluding carboxylic acids is 1. The minimum Gasteiger partial charge on any atom is -0.329 e. The van der Waals surface area contributed by atoms with E-state index in [0.717, 1.165) is 5.69 Å². The van der Waals surface area contributed by atoms with Gasteiger partial charge in [0.05, 0.1) is 0 Å². The summed E-state index contributed by atoms with van der Waals surface area (Å²) in [4.78, 5) is 22.9. The van der Waals surface area contributed by atoms with Crippen LogP contribution < -0.4 is 10.2 Å². The highest BCUT2D eigenvalue weighted by Crippen LogP contribution is 2.22. The van der Waals surface area contributed by atoms with Gasteiger partial charge in [0.15, 0.2) is 0 Å². The van der Waals surface area contributed by atoms with Gasteiger partial charge >= 0.3 is 0 Å². The van der Waals surface area contributed by atoms with E-state index < -0.39 is 11.7 Å². The molecule has 0 aliphatic carbocycles. The molecule has 0 aliphatic rings. The fourth-order valence-electron chi connectivity index (χ4n) is 2.39. The molecule has 5 nitrogen and oxygen atoms in total. The Morgan fingerprint density at radius 1 is 1.04 bits per heavy atom. The van der Waals surface area contributed by atoms with E-state index in [9.17, 15) is 9.18 Å². The summed E-state index contributed by atoms with van der Waals surface area (Å²) in [5.74, 6) is 0.243. The van der Waals surface area contributed by atoms with Gasteiger partial charge in [-0.15, -0.1) is 0 Å². The first-order valence-corrected chi connectivity index (χ1v) is 7.74. The van der Waals surface area contributed by atoms with E-state index in [1.807, 2.05) is 42.3 Å². The lowest BCUT2D eigenvalue weighted by atomic mass is 10.2. The van der Waals surface area contributed by atoms with Crippen LogP contribution in [0.2, 0.25) is 0 Å². The van der Waals surface area contributed by atoms with Crippen molar-refractivity contribution >= 4 is 23.1 Å². The number of nitrogens with one attached hydrogen (secondary N) is 1. The topological polar surface area (TPSA) is 58.1 Å². The summed E-state index contributed by atoms with van der Waals surface area (Å²) < 4.78 is 13.3. The van der Waals surface area contributed by atoms with Crippen LogP contribution in [-0.2, 0) is 0 Å². The van der Waals surface area contributed by atoms with Crippen LogP contribution in [0.3, 0.4) is 0 Å². The molecule has 0 atom stereocenters. The van der Waals surface area contributed by atoms with Gasteiger partial charge in [-0.1, -0.05) is 24.3 Å². The van der Waals surface area contributed by atoms with Crippen LogP contribution in [0.1, 0.15) is 16.3 Å². The summed E-state index contributed by atoms with van der Waals surface area (Å²) in [5, 5.41) is 2.64. The third kappa shape index (κ3) is 3.98. The second-order valence-electron chi connectivity index (χ2n) is 5.52. The van der Waals surface area contributed by atoms with Crippen molar-refractivity contribution in [3.8, 4) is 0 Å². The average molecular weight is 336 g/mol. The average Bonchev–Trinajstić information content (AvgIpc) is 2.61. The molecular formula is C19H17FN4O. The van der Waals surface area contributed by atoms with E-state index in [4.69, 9.17) is 0 Å². The Morgan fingerprint density at radius 3 is 2.52 bits per heavy atom. The van der Waals surface area contributed by atoms with Crippen LogP contribution in [0.25, 0.3) is 0 Å². The molecule has 0 bridgehead atoms. The predicted molar refractivity (Wildman–Crippen MR) is 95.6 cm³/mol. The van der Waals surface area contributed by atoms with Crippen molar-refractivity contribution in [1.29, 1.82) is 0 Å². The van der Waals surface area contributed by atoms with Gasteiger partial charge < -0.3 is 10.2 Å². The summed E-state index contributed by atoms with van der Waals surface area (Å²) >= 11 is 0. The molecule has 0 aliphatic heterocycles. The number of halogens is 1. The highest BCUT2D eigenvalue weighted by Gasteiger charge is 2.14. The molecule has 3 rings (SSSR count). The summed E-state index contributed by atoms with van der Waals surface area (Å²) in [6.07, 6.45) is 0. The van der Waals surface area contributed by atoms with Gasteiger partial charge in [0, 0.05) is 24.5 Å². The first-order valence-electron chi connectivity index (χ1n) is 7.74. The number of aryl methyl sites for hydroxylation is 1. The number of carbonyl (C=O) groups is 1. The molecule has 1 N–H and O–H groups in total. The normalized spacial score (nSPS) is 10.4. The Kier molecular flexibility index (Phi) is 4.70. The molecule has 0 unspecified atom stereocenters. The van der Waals surface area contributed by atoms with E-state index in [0.29, 0.717) is 17.3 Å². The molecule has 6 heteroatoms. The molecule has 0 saturated heterocycles. The van der Waals surface area contributed by atoms with Crippen molar-refractivity contribution in [2.75, 3.05) is 17.3 Å². The van der Waals surface area contributed by atoms with E-state index in [-0.39, 0.29) is 5.69 Å². The quantitative estimate of drug-likeness (QED) is 0.784. The summed E-state index contributed by atoms with van der Waals surface area (Å²) in [6, 6.07) is 17.0. The fraction of sp³-hybridized carbons (Fsp3) is 0.105. The largest absolute Gasteiger partial charge is 0.329 e. The second kappa shape index (κ2) is 7.09. The second-order valence-corrected chi connectivity index (χ2v) is 5.52. The molecule has 25 heavy (non-hydrogen) atoms. The maximum atomic E-state index is 13.3. The Balaban J connectivity index is 1.87. The summed E-state index contributed by atoms with van der Waals surface area (Å²) in [6.45, 7) is 1.72. The lowest BCUT2D eigenvalue weighted by Gasteiger charge is -2.19. The molecule has 0 fully saturated rings. The van der Waals surface area contributed by atoms with Crippen LogP contribution >= 0.6 is 0 Å². The van der Waals surface area contributed by atoms with Gasteiger partial charge in [0.1, 0.15) is 23.2 Å². The molecule has 126 valence electrons. The molecular weight excluding hydrogens is 319 g/mol. The molecule has 0 spiro atoms. The van der Waals surface area contributed by atoms with Crippen molar-refractivity contribution in [3.63, 3.8) is 0 Å². The third-order valence-corrected chi connectivity index (χ3v) is 3.63. The Labute approximate surface area is 145 Å². The Bertz CT molecular complexity index is 899. The summed E-state index contributed by atoms with van der Waals surface area (Å²) in [5.41, 5.74) is 1.53. The van der Waals surface area contributed by atoms with Gasteiger partial charge in [-0.2, -0.15) is 0 Å². The van der Waals surface area contributed by atoms with Crippen molar-refractivity contribution < 1.29 is 9.18 Å². The number of nitrogens with zero attached hydrogens (tertiary/aromatic N) is 3. The van der Waals surface area contributed by atoms with Gasteiger partial charge in [-0.3, -0.25) is 4.79 Å². The number of hydrogen-bond acceptors (Lipinski definition) is 4. The maximum absolute atomic E-state index is 13.3. The van der Waals surface area contributed by atoms with Gasteiger partial charge in [-0.25, -0.2) is 14.4 Å². The van der Waals surface area contributed by atoms with Crippen LogP contribution in [0.15, 0.2) is 60.7 Å². The zero-order valence-electron chi connectivity index (χ0n) is 13.9. The Morgan fingerprint density at radius 2 is 1.80 bits per heavy atom. The minimum absolute atomic E-state index is 0.217. The number of amides is 1. The first-order chi connectivity index (χ1) is 12.0. The van der Waals surface area contributed by atoms with Crippen molar-refractivity contribution in [2.45, 2.75) is 6.92 Å². The third-order valence-electron chi connectivity index (χ3n) is 3.63. The lowest BCUT2D eigenvalue weighted by Crippen LogP contribution is -2.18. The van der Waals surface area contributed by atoms with Gasteiger partial charge in [-0.05, 0) is 37.3 Å². The van der Waals surface area contributed by atoms with E-state index in [2.05, 4.69) is 15.3 Å². The van der Waals surface area contributed by atoms with E-state index in [1.54, 1.807) is 19.1 Å². The molecule has 1 heterocycles. The summed E-state index contributed by atoms with van der Waals surface area (Å²) in [7, 11) is 1.87. The number of para-hydroxylation sites is 1. The monoisotopic (exact) mass is 336 g/mol. The fourth-order valence-corrected chi connectivity index (χ4v) is 2.39. The zero-order valence-corrected chi connectivity index (χ0v) is 13.9. The minimum atomic E-state index is -0.418. The van der Waals surface area contributed by atoms with Crippen LogP contribution in [0.5, 0.6) is 0 Å². The van der Waals surface area contributed by atoms with Crippen molar-refractivity contribution in [3.05, 3.63) is 78.0 Å². The number of benzene rings is 2. The molecule has 0 radical (unpaired) electrons. The highest BCUT2D eigenvalue weighted by atomic mass is 19.1. The molecule has 1 amide bonds. The van der Waals surface area contributed by atoms with E-state index >= 15 is 0 Å². The van der Waals surface area contributed by atoms with Crippen LogP contribution in [0.4, 0.5) is 21.6 Å². The highest BCUT2D eigenvalue weighted by molar-refractivity contribution is 6.03. The van der Waals surface area contributed by atoms with E-state index in [1.165, 1.54) is 18.2 Å².